The molecule has 0 aromatic heterocycles. The van der Waals surface area contributed by atoms with Gasteiger partial charge in [-0.25, -0.2) is 0 Å². The van der Waals surface area contributed by atoms with Gasteiger partial charge in [0.1, 0.15) is 6.04 Å². The standard InChI is InChI=1S/C13H26N2O2/c1-10(12(16)17)15-8-6-5-7-11(15)9-14-13(2,3)4/h10-11,14H,5-9H2,1-4H3,(H,16,17). The number of nitrogens with one attached hydrogen (secondary N) is 1. The van der Waals surface area contributed by atoms with Crippen LogP contribution in [0.2, 0.25) is 0 Å². The molecule has 1 saturated heterocycles. The molecule has 0 spiro atoms. The quantitative estimate of drug-likeness (QED) is 0.788. The van der Waals surface area contributed by atoms with Crippen molar-refractivity contribution in [3.63, 3.8) is 0 Å². The molecule has 4 heteroatoms. The molecule has 2 unspecified atom stereocenters. The van der Waals surface area contributed by atoms with Crippen LogP contribution < -0.4 is 5.32 Å². The van der Waals surface area contributed by atoms with Crippen LogP contribution in [0.5, 0.6) is 0 Å². The highest BCUT2D eigenvalue weighted by Crippen LogP contribution is 2.19. The van der Waals surface area contributed by atoms with Crippen LogP contribution >= 0.6 is 0 Å². The summed E-state index contributed by atoms with van der Waals surface area (Å²) in [5.74, 6) is -0.715. The first kappa shape index (κ1) is 14.5. The fraction of sp³-hybridized carbons (Fsp3) is 0.923. The fourth-order valence-electron chi connectivity index (χ4n) is 2.32. The molecular weight excluding hydrogens is 216 g/mol. The van der Waals surface area contributed by atoms with Gasteiger partial charge in [0.2, 0.25) is 0 Å². The third-order valence-corrected chi connectivity index (χ3v) is 3.40. The van der Waals surface area contributed by atoms with Crippen LogP contribution in [0, 0.1) is 0 Å². The number of carboxylic acids is 1. The van der Waals surface area contributed by atoms with Crippen molar-refractivity contribution in [2.45, 2.75) is 64.6 Å². The largest absolute Gasteiger partial charge is 0.480 e. The second-order valence-corrected chi connectivity index (χ2v) is 6.03. The smallest absolute Gasteiger partial charge is 0.320 e. The average Bonchev–Trinajstić information content (AvgIpc) is 2.24. The zero-order valence-electron chi connectivity index (χ0n) is 11.5. The van der Waals surface area contributed by atoms with E-state index in [4.69, 9.17) is 5.11 Å². The van der Waals surface area contributed by atoms with Gasteiger partial charge in [0.25, 0.3) is 0 Å². The van der Waals surface area contributed by atoms with Gasteiger partial charge in [0.15, 0.2) is 0 Å². The van der Waals surface area contributed by atoms with E-state index in [0.29, 0.717) is 6.04 Å². The Morgan fingerprint density at radius 1 is 1.47 bits per heavy atom. The number of hydrogen-bond acceptors (Lipinski definition) is 3. The Labute approximate surface area is 104 Å². The third-order valence-electron chi connectivity index (χ3n) is 3.40. The normalized spacial score (nSPS) is 24.6. The first-order chi connectivity index (χ1) is 7.81. The lowest BCUT2D eigenvalue weighted by Crippen LogP contribution is -2.54. The van der Waals surface area contributed by atoms with Gasteiger partial charge in [0.05, 0.1) is 0 Å². The van der Waals surface area contributed by atoms with Crippen LogP contribution in [-0.2, 0) is 4.79 Å². The lowest BCUT2D eigenvalue weighted by Gasteiger charge is -2.39. The molecule has 2 N–H and O–H groups in total. The summed E-state index contributed by atoms with van der Waals surface area (Å²) in [6, 6.07) is -0.0175. The van der Waals surface area contributed by atoms with Crippen LogP contribution in [0.1, 0.15) is 47.0 Å². The monoisotopic (exact) mass is 242 g/mol. The molecule has 0 aromatic rings. The maximum Gasteiger partial charge on any atom is 0.320 e. The molecule has 0 bridgehead atoms. The summed E-state index contributed by atoms with van der Waals surface area (Å²) in [5, 5.41) is 12.6. The molecule has 1 aliphatic rings. The second-order valence-electron chi connectivity index (χ2n) is 6.03. The summed E-state index contributed by atoms with van der Waals surface area (Å²) in [6.45, 7) is 9.99. The van der Waals surface area contributed by atoms with Gasteiger partial charge in [-0.2, -0.15) is 0 Å². The molecule has 0 aliphatic carbocycles. The maximum atomic E-state index is 11.1. The lowest BCUT2D eigenvalue weighted by molar-refractivity contribution is -0.144. The van der Waals surface area contributed by atoms with Gasteiger partial charge in [0, 0.05) is 18.1 Å². The van der Waals surface area contributed by atoms with E-state index >= 15 is 0 Å². The molecule has 1 fully saturated rings. The van der Waals surface area contributed by atoms with Crippen molar-refractivity contribution in [3.8, 4) is 0 Å². The SMILES string of the molecule is CC(C(=O)O)N1CCCCC1CNC(C)(C)C. The number of carbonyl (C=O) groups is 1. The van der Waals surface area contributed by atoms with Gasteiger partial charge in [-0.3, -0.25) is 9.69 Å². The number of rotatable bonds is 4. The van der Waals surface area contributed by atoms with Gasteiger partial charge in [-0.15, -0.1) is 0 Å². The summed E-state index contributed by atoms with van der Waals surface area (Å²) in [4.78, 5) is 13.2. The molecule has 0 amide bonds. The zero-order chi connectivity index (χ0) is 13.1. The fourth-order valence-corrected chi connectivity index (χ4v) is 2.32. The van der Waals surface area contributed by atoms with Gasteiger partial charge in [-0.1, -0.05) is 6.42 Å². The van der Waals surface area contributed by atoms with Gasteiger partial charge >= 0.3 is 5.97 Å². The van der Waals surface area contributed by atoms with Crippen molar-refractivity contribution in [1.82, 2.24) is 10.2 Å². The average molecular weight is 242 g/mol. The minimum Gasteiger partial charge on any atom is -0.480 e. The highest BCUT2D eigenvalue weighted by atomic mass is 16.4. The van der Waals surface area contributed by atoms with E-state index in [-0.39, 0.29) is 11.6 Å². The molecule has 2 atom stereocenters. The topological polar surface area (TPSA) is 52.6 Å². The third kappa shape index (κ3) is 4.64. The number of likely N-dealkylation sites (tertiary alicyclic amines) is 1. The van der Waals surface area contributed by atoms with E-state index in [1.165, 1.54) is 6.42 Å². The van der Waals surface area contributed by atoms with E-state index in [1.807, 2.05) is 0 Å². The molecular formula is C13H26N2O2. The predicted molar refractivity (Wildman–Crippen MR) is 69.2 cm³/mol. The van der Waals surface area contributed by atoms with E-state index in [2.05, 4.69) is 31.0 Å². The molecule has 1 rings (SSSR count). The number of piperidine rings is 1. The Balaban J connectivity index is 2.57. The van der Waals surface area contributed by atoms with Crippen molar-refractivity contribution in [3.05, 3.63) is 0 Å². The van der Waals surface area contributed by atoms with E-state index in [9.17, 15) is 4.79 Å². The molecule has 1 heterocycles. The zero-order valence-corrected chi connectivity index (χ0v) is 11.5. The molecule has 0 saturated carbocycles. The van der Waals surface area contributed by atoms with Crippen molar-refractivity contribution >= 4 is 5.97 Å². The van der Waals surface area contributed by atoms with Crippen LogP contribution in [-0.4, -0.2) is 46.7 Å². The predicted octanol–water partition coefficient (Wildman–Crippen LogP) is 1.70. The summed E-state index contributed by atoms with van der Waals surface area (Å²) in [7, 11) is 0. The Hall–Kier alpha value is -0.610. The van der Waals surface area contributed by atoms with Crippen molar-refractivity contribution < 1.29 is 9.90 Å². The number of aliphatic carboxylic acids is 1. The maximum absolute atomic E-state index is 11.1. The van der Waals surface area contributed by atoms with Crippen LogP contribution in [0.4, 0.5) is 0 Å². The highest BCUT2D eigenvalue weighted by molar-refractivity contribution is 5.72. The first-order valence-electron chi connectivity index (χ1n) is 6.55. The number of carboxylic acid groups (broad SMARTS) is 1. The molecule has 100 valence electrons. The van der Waals surface area contributed by atoms with Crippen molar-refractivity contribution in [2.24, 2.45) is 0 Å². The van der Waals surface area contributed by atoms with Crippen molar-refractivity contribution in [1.29, 1.82) is 0 Å². The van der Waals surface area contributed by atoms with Crippen LogP contribution in [0.25, 0.3) is 0 Å². The second kappa shape index (κ2) is 5.83. The van der Waals surface area contributed by atoms with Crippen LogP contribution in [0.3, 0.4) is 0 Å². The van der Waals surface area contributed by atoms with Crippen molar-refractivity contribution in [2.75, 3.05) is 13.1 Å². The lowest BCUT2D eigenvalue weighted by atomic mass is 9.98. The van der Waals surface area contributed by atoms with E-state index in [1.54, 1.807) is 6.92 Å². The number of nitrogens with zero attached hydrogens (tertiary/aromatic N) is 1. The summed E-state index contributed by atoms with van der Waals surface area (Å²) in [5.41, 5.74) is 0.0928. The molecule has 4 nitrogen and oxygen atoms in total. The summed E-state index contributed by atoms with van der Waals surface area (Å²) < 4.78 is 0. The summed E-state index contributed by atoms with van der Waals surface area (Å²) >= 11 is 0. The Morgan fingerprint density at radius 2 is 2.12 bits per heavy atom. The Morgan fingerprint density at radius 3 is 2.65 bits per heavy atom. The first-order valence-corrected chi connectivity index (χ1v) is 6.55. The molecule has 1 aliphatic heterocycles. The Kier molecular flexibility index (Phi) is 4.95. The Bertz CT molecular complexity index is 261. The molecule has 0 radical (unpaired) electrons. The van der Waals surface area contributed by atoms with Gasteiger partial charge in [-0.05, 0) is 47.1 Å². The minimum absolute atomic E-state index is 0.0928. The van der Waals surface area contributed by atoms with E-state index in [0.717, 1.165) is 25.9 Å². The van der Waals surface area contributed by atoms with Gasteiger partial charge < -0.3 is 10.4 Å². The van der Waals surface area contributed by atoms with Crippen LogP contribution in [0.15, 0.2) is 0 Å². The minimum atomic E-state index is -0.715. The highest BCUT2D eigenvalue weighted by Gasteiger charge is 2.30. The van der Waals surface area contributed by atoms with E-state index < -0.39 is 5.97 Å². The summed E-state index contributed by atoms with van der Waals surface area (Å²) in [6.07, 6.45) is 3.42. The number of hydrogen-bond donors (Lipinski definition) is 2. The molecule has 0 aromatic carbocycles. The molecule has 17 heavy (non-hydrogen) atoms.